The number of aromatic nitrogens is 5. The summed E-state index contributed by atoms with van der Waals surface area (Å²) in [5.74, 6) is 0.765. The first-order chi connectivity index (χ1) is 13.3. The van der Waals surface area contributed by atoms with Crippen LogP contribution in [0.5, 0.6) is 0 Å². The second kappa shape index (κ2) is 8.07. The molecule has 7 heteroatoms. The Morgan fingerprint density at radius 2 is 2.26 bits per heavy atom. The number of fused-ring (bicyclic) bond motifs is 1. The van der Waals surface area contributed by atoms with Crippen molar-refractivity contribution in [3.8, 4) is 11.4 Å². The van der Waals surface area contributed by atoms with Crippen LogP contribution >= 0.6 is 0 Å². The minimum atomic E-state index is -0.00174. The van der Waals surface area contributed by atoms with Crippen molar-refractivity contribution in [3.05, 3.63) is 59.9 Å². The van der Waals surface area contributed by atoms with Gasteiger partial charge in [-0.3, -0.25) is 14.9 Å². The summed E-state index contributed by atoms with van der Waals surface area (Å²) >= 11 is 0. The van der Waals surface area contributed by atoms with Gasteiger partial charge in [-0.1, -0.05) is 0 Å². The lowest BCUT2D eigenvalue weighted by atomic mass is 9.92. The Morgan fingerprint density at radius 3 is 3.07 bits per heavy atom. The molecule has 0 spiro atoms. The highest BCUT2D eigenvalue weighted by Gasteiger charge is 2.23. The largest absolute Gasteiger partial charge is 0.349 e. The Hall–Kier alpha value is -3.09. The third kappa shape index (κ3) is 4.19. The molecule has 3 aromatic rings. The van der Waals surface area contributed by atoms with Crippen LogP contribution in [0.2, 0.25) is 0 Å². The minimum Gasteiger partial charge on any atom is -0.349 e. The van der Waals surface area contributed by atoms with Gasteiger partial charge in [-0.05, 0) is 49.8 Å². The SMILES string of the molecule is O=C(CCCc1cn[nH]c1)NC1CCCc2nc(-c3cccnc3)ncc21. The monoisotopic (exact) mass is 362 g/mol. The van der Waals surface area contributed by atoms with Gasteiger partial charge in [-0.15, -0.1) is 0 Å². The summed E-state index contributed by atoms with van der Waals surface area (Å²) in [5, 5.41) is 9.88. The number of nitrogens with zero attached hydrogens (tertiary/aromatic N) is 4. The van der Waals surface area contributed by atoms with Crippen molar-refractivity contribution in [2.45, 2.75) is 44.6 Å². The molecule has 1 aliphatic carbocycles. The summed E-state index contributed by atoms with van der Waals surface area (Å²) in [6, 6.07) is 3.83. The first-order valence-corrected chi connectivity index (χ1v) is 9.33. The zero-order chi connectivity index (χ0) is 18.5. The molecule has 0 aliphatic heterocycles. The highest BCUT2D eigenvalue weighted by Crippen LogP contribution is 2.29. The van der Waals surface area contributed by atoms with Gasteiger partial charge >= 0.3 is 0 Å². The summed E-state index contributed by atoms with van der Waals surface area (Å²) < 4.78 is 0. The van der Waals surface area contributed by atoms with Crippen molar-refractivity contribution in [3.63, 3.8) is 0 Å². The number of hydrogen-bond donors (Lipinski definition) is 2. The quantitative estimate of drug-likeness (QED) is 0.703. The Bertz CT molecular complexity index is 894. The Morgan fingerprint density at radius 1 is 1.30 bits per heavy atom. The van der Waals surface area contributed by atoms with Crippen LogP contribution in [0, 0.1) is 0 Å². The van der Waals surface area contributed by atoms with Gasteiger partial charge in [0.1, 0.15) is 0 Å². The molecule has 27 heavy (non-hydrogen) atoms. The van der Waals surface area contributed by atoms with Crippen molar-refractivity contribution >= 4 is 5.91 Å². The second-order valence-electron chi connectivity index (χ2n) is 6.81. The molecule has 0 aromatic carbocycles. The highest BCUT2D eigenvalue weighted by atomic mass is 16.1. The third-order valence-corrected chi connectivity index (χ3v) is 4.86. The van der Waals surface area contributed by atoms with Gasteiger partial charge in [0.15, 0.2) is 5.82 Å². The predicted octanol–water partition coefficient (Wildman–Crippen LogP) is 2.78. The zero-order valence-corrected chi connectivity index (χ0v) is 15.1. The zero-order valence-electron chi connectivity index (χ0n) is 15.1. The van der Waals surface area contributed by atoms with Crippen LogP contribution < -0.4 is 5.32 Å². The van der Waals surface area contributed by atoms with Crippen molar-refractivity contribution in [2.75, 3.05) is 0 Å². The smallest absolute Gasteiger partial charge is 0.220 e. The van der Waals surface area contributed by atoms with E-state index in [-0.39, 0.29) is 11.9 Å². The number of rotatable bonds is 6. The number of aryl methyl sites for hydroxylation is 2. The predicted molar refractivity (Wildman–Crippen MR) is 101 cm³/mol. The molecule has 138 valence electrons. The van der Waals surface area contributed by atoms with Gasteiger partial charge in [0.25, 0.3) is 0 Å². The lowest BCUT2D eigenvalue weighted by molar-refractivity contribution is -0.122. The van der Waals surface area contributed by atoms with E-state index >= 15 is 0 Å². The summed E-state index contributed by atoms with van der Waals surface area (Å²) in [7, 11) is 0. The lowest BCUT2D eigenvalue weighted by Crippen LogP contribution is -2.31. The number of pyridine rings is 1. The molecular weight excluding hydrogens is 340 g/mol. The minimum absolute atomic E-state index is 0.00174. The normalized spacial score (nSPS) is 15.9. The Kier molecular flexibility index (Phi) is 5.18. The fraction of sp³-hybridized carbons (Fsp3) is 0.350. The molecule has 3 heterocycles. The Balaban J connectivity index is 1.40. The molecule has 1 atom stereocenters. The number of carbonyl (C=O) groups excluding carboxylic acids is 1. The fourth-order valence-electron chi connectivity index (χ4n) is 3.46. The maximum absolute atomic E-state index is 12.4. The van der Waals surface area contributed by atoms with E-state index in [1.54, 1.807) is 18.6 Å². The van der Waals surface area contributed by atoms with Gasteiger partial charge in [0.2, 0.25) is 5.91 Å². The first kappa shape index (κ1) is 17.3. The topological polar surface area (TPSA) is 96.5 Å². The summed E-state index contributed by atoms with van der Waals surface area (Å²) in [6.07, 6.45) is 14.0. The van der Waals surface area contributed by atoms with Gasteiger partial charge in [-0.2, -0.15) is 5.10 Å². The lowest BCUT2D eigenvalue weighted by Gasteiger charge is -2.25. The number of nitrogens with one attached hydrogen (secondary N) is 2. The molecule has 1 amide bonds. The highest BCUT2D eigenvalue weighted by molar-refractivity contribution is 5.76. The van der Waals surface area contributed by atoms with Crippen LogP contribution in [-0.4, -0.2) is 31.1 Å². The molecule has 0 bridgehead atoms. The standard InChI is InChI=1S/C20H22N6O/c27-19(8-1-4-14-10-23-24-11-14)25-17-6-2-7-18-16(17)13-22-20(26-18)15-5-3-9-21-12-15/h3,5,9-13,17H,1-2,4,6-8H2,(H,23,24)(H,25,27). The van der Waals surface area contributed by atoms with Gasteiger partial charge in [0, 0.05) is 48.0 Å². The van der Waals surface area contributed by atoms with Crippen molar-refractivity contribution < 1.29 is 4.79 Å². The molecule has 0 radical (unpaired) electrons. The van der Waals surface area contributed by atoms with Crippen LogP contribution in [0.3, 0.4) is 0 Å². The maximum atomic E-state index is 12.4. The summed E-state index contributed by atoms with van der Waals surface area (Å²) in [5.41, 5.74) is 4.10. The second-order valence-corrected chi connectivity index (χ2v) is 6.81. The molecule has 0 saturated carbocycles. The van der Waals surface area contributed by atoms with Gasteiger partial charge < -0.3 is 5.32 Å². The average Bonchev–Trinajstić information content (AvgIpc) is 3.22. The average molecular weight is 362 g/mol. The van der Waals surface area contributed by atoms with Crippen molar-refractivity contribution in [2.24, 2.45) is 0 Å². The van der Waals surface area contributed by atoms with Gasteiger partial charge in [-0.25, -0.2) is 9.97 Å². The summed E-state index contributed by atoms with van der Waals surface area (Å²) in [4.78, 5) is 25.7. The van der Waals surface area contributed by atoms with Crippen LogP contribution in [0.4, 0.5) is 0 Å². The van der Waals surface area contributed by atoms with E-state index in [9.17, 15) is 4.79 Å². The fourth-order valence-corrected chi connectivity index (χ4v) is 3.46. The van der Waals surface area contributed by atoms with E-state index in [1.807, 2.05) is 24.5 Å². The molecule has 0 saturated heterocycles. The molecule has 3 aromatic heterocycles. The number of hydrogen-bond acceptors (Lipinski definition) is 5. The Labute approximate surface area is 157 Å². The molecule has 0 fully saturated rings. The van der Waals surface area contributed by atoms with Crippen LogP contribution in [0.1, 0.15) is 48.5 Å². The molecule has 2 N–H and O–H groups in total. The first-order valence-electron chi connectivity index (χ1n) is 9.33. The van der Waals surface area contributed by atoms with E-state index < -0.39 is 0 Å². The van der Waals surface area contributed by atoms with Gasteiger partial charge in [0.05, 0.1) is 12.2 Å². The molecular formula is C20H22N6O. The number of amides is 1. The van der Waals surface area contributed by atoms with E-state index in [0.29, 0.717) is 12.2 Å². The number of aromatic amines is 1. The molecule has 4 rings (SSSR count). The number of carbonyl (C=O) groups is 1. The van der Waals surface area contributed by atoms with E-state index in [4.69, 9.17) is 4.98 Å². The summed E-state index contributed by atoms with van der Waals surface area (Å²) in [6.45, 7) is 0. The molecule has 7 nitrogen and oxygen atoms in total. The van der Waals surface area contributed by atoms with E-state index in [2.05, 4.69) is 25.5 Å². The van der Waals surface area contributed by atoms with E-state index in [0.717, 1.165) is 54.5 Å². The molecule has 1 unspecified atom stereocenters. The van der Waals surface area contributed by atoms with Crippen LogP contribution in [0.25, 0.3) is 11.4 Å². The molecule has 1 aliphatic rings. The maximum Gasteiger partial charge on any atom is 0.220 e. The third-order valence-electron chi connectivity index (χ3n) is 4.86. The van der Waals surface area contributed by atoms with Crippen LogP contribution in [0.15, 0.2) is 43.1 Å². The van der Waals surface area contributed by atoms with E-state index in [1.165, 1.54) is 0 Å². The van der Waals surface area contributed by atoms with Crippen molar-refractivity contribution in [1.82, 2.24) is 30.5 Å². The van der Waals surface area contributed by atoms with Crippen LogP contribution in [-0.2, 0) is 17.6 Å². The number of H-pyrrole nitrogens is 1. The van der Waals surface area contributed by atoms with Crippen molar-refractivity contribution in [1.29, 1.82) is 0 Å².